The van der Waals surface area contributed by atoms with Gasteiger partial charge in [-0.1, -0.05) is 30.3 Å². The zero-order valence-corrected chi connectivity index (χ0v) is 17.0. The summed E-state index contributed by atoms with van der Waals surface area (Å²) in [6.45, 7) is 8.53. The van der Waals surface area contributed by atoms with Crippen molar-refractivity contribution < 1.29 is 0 Å². The SMILES string of the molecule is CCn1ccnc1CN1CCC(c2cccc(Cc3ccccc3C)n2)CC1. The Morgan fingerprint density at radius 1 is 1.04 bits per heavy atom. The summed E-state index contributed by atoms with van der Waals surface area (Å²) < 4.78 is 2.24. The molecule has 3 aromatic rings. The zero-order valence-electron chi connectivity index (χ0n) is 17.0. The Labute approximate surface area is 168 Å². The first-order valence-corrected chi connectivity index (χ1v) is 10.5. The van der Waals surface area contributed by atoms with Gasteiger partial charge in [-0.3, -0.25) is 9.88 Å². The summed E-state index contributed by atoms with van der Waals surface area (Å²) in [4.78, 5) is 12.1. The van der Waals surface area contributed by atoms with Crippen LogP contribution in [0.25, 0.3) is 0 Å². The molecule has 0 aliphatic carbocycles. The summed E-state index contributed by atoms with van der Waals surface area (Å²) in [6, 6.07) is 15.2. The molecule has 2 aromatic heterocycles. The number of imidazole rings is 1. The second kappa shape index (κ2) is 8.70. The minimum Gasteiger partial charge on any atom is -0.334 e. The van der Waals surface area contributed by atoms with Crippen LogP contribution in [-0.2, 0) is 19.5 Å². The fourth-order valence-corrected chi connectivity index (χ4v) is 4.19. The zero-order chi connectivity index (χ0) is 19.3. The van der Waals surface area contributed by atoms with Crippen molar-refractivity contribution in [2.45, 2.75) is 52.1 Å². The standard InChI is InChI=1S/C24H30N4/c1-3-28-16-13-25-24(28)18-27-14-11-20(12-15-27)23-10-6-9-22(26-23)17-21-8-5-4-7-19(21)2/h4-10,13,16,20H,3,11-12,14-15,17-18H2,1-2H3. The maximum atomic E-state index is 5.03. The first-order valence-electron chi connectivity index (χ1n) is 10.5. The molecule has 0 radical (unpaired) electrons. The van der Waals surface area contributed by atoms with Crippen LogP contribution in [0.1, 0.15) is 54.0 Å². The Hall–Kier alpha value is -2.46. The number of hydrogen-bond acceptors (Lipinski definition) is 3. The molecule has 0 N–H and O–H groups in total. The van der Waals surface area contributed by atoms with Gasteiger partial charge in [-0.05, 0) is 63.0 Å². The van der Waals surface area contributed by atoms with Crippen LogP contribution < -0.4 is 0 Å². The number of nitrogens with zero attached hydrogens (tertiary/aromatic N) is 4. The molecule has 28 heavy (non-hydrogen) atoms. The van der Waals surface area contributed by atoms with E-state index in [1.165, 1.54) is 41.2 Å². The van der Waals surface area contributed by atoms with Crippen LogP contribution in [-0.4, -0.2) is 32.5 Å². The van der Waals surface area contributed by atoms with Gasteiger partial charge in [0.1, 0.15) is 5.82 Å². The third-order valence-electron chi connectivity index (χ3n) is 5.97. The average Bonchev–Trinajstić information content (AvgIpc) is 3.18. The van der Waals surface area contributed by atoms with Gasteiger partial charge in [-0.2, -0.15) is 0 Å². The average molecular weight is 375 g/mol. The fourth-order valence-electron chi connectivity index (χ4n) is 4.19. The number of aryl methyl sites for hydroxylation is 2. The van der Waals surface area contributed by atoms with E-state index in [9.17, 15) is 0 Å². The second-order valence-electron chi connectivity index (χ2n) is 7.84. The van der Waals surface area contributed by atoms with Crippen LogP contribution in [0.4, 0.5) is 0 Å². The first-order chi connectivity index (χ1) is 13.7. The quantitative estimate of drug-likeness (QED) is 0.633. The largest absolute Gasteiger partial charge is 0.334 e. The van der Waals surface area contributed by atoms with E-state index in [2.05, 4.69) is 77.0 Å². The molecule has 0 amide bonds. The molecule has 1 saturated heterocycles. The summed E-state index contributed by atoms with van der Waals surface area (Å²) in [5.74, 6) is 1.75. The maximum Gasteiger partial charge on any atom is 0.122 e. The molecule has 0 spiro atoms. The van der Waals surface area contributed by atoms with Crippen molar-refractivity contribution in [3.8, 4) is 0 Å². The Morgan fingerprint density at radius 2 is 1.86 bits per heavy atom. The number of benzene rings is 1. The van der Waals surface area contributed by atoms with Crippen molar-refractivity contribution in [3.63, 3.8) is 0 Å². The molecule has 0 bridgehead atoms. The van der Waals surface area contributed by atoms with E-state index in [0.717, 1.165) is 32.6 Å². The van der Waals surface area contributed by atoms with Gasteiger partial charge < -0.3 is 4.57 Å². The van der Waals surface area contributed by atoms with Crippen LogP contribution in [0.5, 0.6) is 0 Å². The van der Waals surface area contributed by atoms with E-state index in [4.69, 9.17) is 4.98 Å². The maximum absolute atomic E-state index is 5.03. The number of aromatic nitrogens is 3. The molecule has 1 fully saturated rings. The van der Waals surface area contributed by atoms with Gasteiger partial charge in [0, 0.05) is 42.7 Å². The Kier molecular flexibility index (Phi) is 5.87. The van der Waals surface area contributed by atoms with E-state index in [0.29, 0.717) is 5.92 Å². The van der Waals surface area contributed by atoms with Gasteiger partial charge in [0.15, 0.2) is 0 Å². The van der Waals surface area contributed by atoms with Gasteiger partial charge >= 0.3 is 0 Å². The number of piperidine rings is 1. The van der Waals surface area contributed by atoms with Gasteiger partial charge in [0.05, 0.1) is 6.54 Å². The first kappa shape index (κ1) is 18.9. The minimum absolute atomic E-state index is 0.569. The Balaban J connectivity index is 1.37. The van der Waals surface area contributed by atoms with Crippen molar-refractivity contribution in [1.82, 2.24) is 19.4 Å². The third-order valence-corrected chi connectivity index (χ3v) is 5.97. The van der Waals surface area contributed by atoms with Crippen molar-refractivity contribution in [2.24, 2.45) is 0 Å². The summed E-state index contributed by atoms with van der Waals surface area (Å²) in [6.07, 6.45) is 7.25. The lowest BCUT2D eigenvalue weighted by Gasteiger charge is -2.31. The minimum atomic E-state index is 0.569. The van der Waals surface area contributed by atoms with Crippen molar-refractivity contribution in [3.05, 3.63) is 83.2 Å². The lowest BCUT2D eigenvalue weighted by molar-refractivity contribution is 0.196. The summed E-state index contributed by atoms with van der Waals surface area (Å²) in [7, 11) is 0. The molecule has 1 aliphatic rings. The second-order valence-corrected chi connectivity index (χ2v) is 7.84. The van der Waals surface area contributed by atoms with Crippen LogP contribution in [0.2, 0.25) is 0 Å². The van der Waals surface area contributed by atoms with Crippen molar-refractivity contribution in [1.29, 1.82) is 0 Å². The van der Waals surface area contributed by atoms with Gasteiger partial charge in [-0.15, -0.1) is 0 Å². The highest BCUT2D eigenvalue weighted by Gasteiger charge is 2.22. The van der Waals surface area contributed by atoms with E-state index in [1.807, 2.05) is 6.20 Å². The molecule has 4 rings (SSSR count). The smallest absolute Gasteiger partial charge is 0.122 e. The molecule has 0 atom stereocenters. The topological polar surface area (TPSA) is 34.0 Å². The number of hydrogen-bond donors (Lipinski definition) is 0. The van der Waals surface area contributed by atoms with Crippen LogP contribution in [0.15, 0.2) is 54.9 Å². The molecule has 0 unspecified atom stereocenters. The molecular formula is C24H30N4. The molecule has 0 saturated carbocycles. The summed E-state index contributed by atoms with van der Waals surface area (Å²) in [5, 5.41) is 0. The van der Waals surface area contributed by atoms with Crippen LogP contribution in [0.3, 0.4) is 0 Å². The normalized spacial score (nSPS) is 15.8. The van der Waals surface area contributed by atoms with Gasteiger partial charge in [-0.25, -0.2) is 4.98 Å². The Bertz CT molecular complexity index is 906. The van der Waals surface area contributed by atoms with E-state index >= 15 is 0 Å². The highest BCUT2D eigenvalue weighted by atomic mass is 15.2. The molecule has 3 heterocycles. The predicted octanol–water partition coefficient (Wildman–Crippen LogP) is 4.58. The van der Waals surface area contributed by atoms with Crippen LogP contribution in [0, 0.1) is 6.92 Å². The summed E-state index contributed by atoms with van der Waals surface area (Å²) in [5.41, 5.74) is 5.15. The molecule has 4 heteroatoms. The fraction of sp³-hybridized carbons (Fsp3) is 0.417. The number of likely N-dealkylation sites (tertiary alicyclic amines) is 1. The highest BCUT2D eigenvalue weighted by Crippen LogP contribution is 2.28. The number of pyridine rings is 1. The van der Waals surface area contributed by atoms with Crippen molar-refractivity contribution in [2.75, 3.05) is 13.1 Å². The molecule has 1 aromatic carbocycles. The highest BCUT2D eigenvalue weighted by molar-refractivity contribution is 5.30. The van der Waals surface area contributed by atoms with Crippen LogP contribution >= 0.6 is 0 Å². The number of rotatable bonds is 6. The van der Waals surface area contributed by atoms with Crippen molar-refractivity contribution >= 4 is 0 Å². The molecular weight excluding hydrogens is 344 g/mol. The van der Waals surface area contributed by atoms with Gasteiger partial charge in [0.2, 0.25) is 0 Å². The van der Waals surface area contributed by atoms with E-state index in [1.54, 1.807) is 0 Å². The van der Waals surface area contributed by atoms with E-state index in [-0.39, 0.29) is 0 Å². The van der Waals surface area contributed by atoms with Gasteiger partial charge in [0.25, 0.3) is 0 Å². The predicted molar refractivity (Wildman–Crippen MR) is 113 cm³/mol. The monoisotopic (exact) mass is 374 g/mol. The third kappa shape index (κ3) is 4.33. The lowest BCUT2D eigenvalue weighted by atomic mass is 9.92. The van der Waals surface area contributed by atoms with E-state index < -0.39 is 0 Å². The lowest BCUT2D eigenvalue weighted by Crippen LogP contribution is -2.33. The Morgan fingerprint density at radius 3 is 2.64 bits per heavy atom. The summed E-state index contributed by atoms with van der Waals surface area (Å²) >= 11 is 0. The molecule has 146 valence electrons. The molecule has 4 nitrogen and oxygen atoms in total. The molecule has 1 aliphatic heterocycles.